The minimum absolute atomic E-state index is 0.237. The lowest BCUT2D eigenvalue weighted by Gasteiger charge is -2.25. The van der Waals surface area contributed by atoms with Crippen molar-refractivity contribution in [3.05, 3.63) is 34.7 Å². The highest BCUT2D eigenvalue weighted by Gasteiger charge is 2.35. The van der Waals surface area contributed by atoms with E-state index in [0.717, 1.165) is 0 Å². The van der Waals surface area contributed by atoms with Crippen LogP contribution in [0.2, 0.25) is 0 Å². The molecule has 2 nitrogen and oxygen atoms in total. The van der Waals surface area contributed by atoms with Gasteiger partial charge in [-0.25, -0.2) is 4.98 Å². The zero-order valence-corrected chi connectivity index (χ0v) is 12.1. The van der Waals surface area contributed by atoms with Gasteiger partial charge in [-0.2, -0.15) is 13.2 Å². The molecule has 0 atom stereocenters. The summed E-state index contributed by atoms with van der Waals surface area (Å²) >= 11 is 1.42. The highest BCUT2D eigenvalue weighted by atomic mass is 32.1. The molecule has 0 radical (unpaired) electrons. The normalized spacial score (nSPS) is 11.7. The number of aromatic amines is 1. The summed E-state index contributed by atoms with van der Waals surface area (Å²) in [4.78, 5) is 4.66. The first-order chi connectivity index (χ1) is 9.47. The van der Waals surface area contributed by atoms with Crippen LogP contribution in [-0.4, -0.2) is 13.1 Å². The second-order valence-corrected chi connectivity index (χ2v) is 5.08. The van der Waals surface area contributed by atoms with Crippen molar-refractivity contribution in [2.24, 2.45) is 0 Å². The van der Waals surface area contributed by atoms with Gasteiger partial charge in [0.2, 0.25) is 11.2 Å². The number of thiazole rings is 1. The smallest absolute Gasteiger partial charge is 0.372 e. The number of rotatable bonds is 4. The minimum atomic E-state index is -4.36. The summed E-state index contributed by atoms with van der Waals surface area (Å²) in [6.07, 6.45) is -4.36. The molecule has 1 heterocycles. The van der Waals surface area contributed by atoms with Gasteiger partial charge in [0.15, 0.2) is 0 Å². The molecule has 1 N–H and O–H groups in total. The van der Waals surface area contributed by atoms with Crippen molar-refractivity contribution in [1.29, 1.82) is 0 Å². The summed E-state index contributed by atoms with van der Waals surface area (Å²) in [5.74, 6) is 0. The van der Waals surface area contributed by atoms with E-state index in [1.165, 1.54) is 17.4 Å². The van der Waals surface area contributed by atoms with Crippen molar-refractivity contribution in [2.75, 3.05) is 18.0 Å². The van der Waals surface area contributed by atoms with Crippen LogP contribution >= 0.6 is 11.3 Å². The molecular formula is C14H16F3N2S+. The minimum Gasteiger partial charge on any atom is -0.372 e. The molecule has 0 spiro atoms. The van der Waals surface area contributed by atoms with Crippen molar-refractivity contribution in [2.45, 2.75) is 20.0 Å². The Morgan fingerprint density at radius 3 is 2.40 bits per heavy atom. The zero-order chi connectivity index (χ0) is 14.8. The molecule has 1 aromatic carbocycles. The summed E-state index contributed by atoms with van der Waals surface area (Å²) < 4.78 is 39.8. The lowest BCUT2D eigenvalue weighted by atomic mass is 10.1. The van der Waals surface area contributed by atoms with E-state index in [1.54, 1.807) is 27.9 Å². The van der Waals surface area contributed by atoms with Gasteiger partial charge in [0.05, 0.1) is 10.9 Å². The average Bonchev–Trinajstić information content (AvgIpc) is 2.93. The third-order valence-electron chi connectivity index (χ3n) is 3.19. The van der Waals surface area contributed by atoms with Crippen LogP contribution in [0.4, 0.5) is 18.9 Å². The molecule has 0 saturated heterocycles. The van der Waals surface area contributed by atoms with Crippen molar-refractivity contribution in [3.8, 4) is 11.3 Å². The molecule has 0 saturated carbocycles. The molecule has 1 aromatic heterocycles. The number of alkyl halides is 3. The van der Waals surface area contributed by atoms with Gasteiger partial charge < -0.3 is 4.90 Å². The highest BCUT2D eigenvalue weighted by Crippen LogP contribution is 2.38. The van der Waals surface area contributed by atoms with Crippen LogP contribution in [0, 0.1) is 0 Å². The van der Waals surface area contributed by atoms with Crippen LogP contribution in [0.5, 0.6) is 0 Å². The summed E-state index contributed by atoms with van der Waals surface area (Å²) in [6, 6.07) is 4.49. The average molecular weight is 301 g/mol. The Balaban J connectivity index is 2.54. The third-order valence-corrected chi connectivity index (χ3v) is 3.81. The molecule has 108 valence electrons. The molecule has 0 bridgehead atoms. The quantitative estimate of drug-likeness (QED) is 0.831. The largest absolute Gasteiger partial charge is 0.418 e. The SMILES string of the molecule is CCN(CC)c1ccc(-c2csc[nH+]2)cc1C(F)(F)F. The number of halogens is 3. The van der Waals surface area contributed by atoms with Crippen LogP contribution in [0.15, 0.2) is 29.1 Å². The Labute approximate surface area is 119 Å². The summed E-state index contributed by atoms with van der Waals surface area (Å²) in [6.45, 7) is 4.79. The summed E-state index contributed by atoms with van der Waals surface area (Å²) in [7, 11) is 0. The van der Waals surface area contributed by atoms with Crippen molar-refractivity contribution < 1.29 is 18.2 Å². The van der Waals surface area contributed by atoms with Crippen LogP contribution in [0.25, 0.3) is 11.3 Å². The van der Waals surface area contributed by atoms with Gasteiger partial charge in [-0.1, -0.05) is 11.3 Å². The van der Waals surface area contributed by atoms with Gasteiger partial charge in [0, 0.05) is 24.3 Å². The fourth-order valence-corrected chi connectivity index (χ4v) is 2.76. The molecule has 20 heavy (non-hydrogen) atoms. The van der Waals surface area contributed by atoms with Gasteiger partial charge >= 0.3 is 6.18 Å². The van der Waals surface area contributed by atoms with E-state index in [2.05, 4.69) is 4.98 Å². The fraction of sp³-hybridized carbons (Fsp3) is 0.357. The second kappa shape index (κ2) is 5.83. The molecule has 0 aliphatic rings. The molecule has 0 unspecified atom stereocenters. The van der Waals surface area contributed by atoms with E-state index in [9.17, 15) is 13.2 Å². The maximum absolute atomic E-state index is 13.3. The predicted molar refractivity (Wildman–Crippen MR) is 74.9 cm³/mol. The Morgan fingerprint density at radius 2 is 1.90 bits per heavy atom. The predicted octanol–water partition coefficient (Wildman–Crippen LogP) is 4.09. The Kier molecular flexibility index (Phi) is 4.32. The molecule has 0 amide bonds. The van der Waals surface area contributed by atoms with Crippen LogP contribution in [0.1, 0.15) is 19.4 Å². The second-order valence-electron chi connectivity index (χ2n) is 4.33. The van der Waals surface area contributed by atoms with E-state index in [1.807, 2.05) is 13.8 Å². The first-order valence-corrected chi connectivity index (χ1v) is 7.32. The van der Waals surface area contributed by atoms with E-state index >= 15 is 0 Å². The Hall–Kier alpha value is -1.56. The topological polar surface area (TPSA) is 17.4 Å². The number of hydrogen-bond donors (Lipinski definition) is 0. The molecule has 2 aromatic rings. The van der Waals surface area contributed by atoms with E-state index in [4.69, 9.17) is 0 Å². The van der Waals surface area contributed by atoms with Crippen molar-refractivity contribution >= 4 is 17.0 Å². The lowest BCUT2D eigenvalue weighted by molar-refractivity contribution is -0.357. The van der Waals surface area contributed by atoms with Gasteiger partial charge in [0.25, 0.3) is 0 Å². The first-order valence-electron chi connectivity index (χ1n) is 6.37. The fourth-order valence-electron chi connectivity index (χ4n) is 2.16. The number of nitrogens with zero attached hydrogens (tertiary/aromatic N) is 1. The van der Waals surface area contributed by atoms with Crippen molar-refractivity contribution in [3.63, 3.8) is 0 Å². The molecule has 0 aliphatic carbocycles. The van der Waals surface area contributed by atoms with Crippen LogP contribution in [-0.2, 0) is 6.18 Å². The Morgan fingerprint density at radius 1 is 1.20 bits per heavy atom. The van der Waals surface area contributed by atoms with Crippen LogP contribution in [0.3, 0.4) is 0 Å². The number of benzene rings is 1. The summed E-state index contributed by atoms with van der Waals surface area (Å²) in [5, 5.41) is 1.80. The van der Waals surface area contributed by atoms with Gasteiger partial charge in [-0.05, 0) is 32.0 Å². The maximum atomic E-state index is 13.3. The van der Waals surface area contributed by atoms with E-state index < -0.39 is 11.7 Å². The van der Waals surface area contributed by atoms with Gasteiger partial charge in [-0.15, -0.1) is 0 Å². The molecular weight excluding hydrogens is 285 g/mol. The lowest BCUT2D eigenvalue weighted by Crippen LogP contribution is -2.25. The molecule has 6 heteroatoms. The molecule has 2 rings (SSSR count). The van der Waals surface area contributed by atoms with E-state index in [-0.39, 0.29) is 5.69 Å². The van der Waals surface area contributed by atoms with Gasteiger partial charge in [0.1, 0.15) is 0 Å². The van der Waals surface area contributed by atoms with E-state index in [0.29, 0.717) is 24.3 Å². The molecule has 0 fully saturated rings. The number of anilines is 1. The number of nitrogens with one attached hydrogen (secondary N) is 1. The third kappa shape index (κ3) is 2.95. The first kappa shape index (κ1) is 14.8. The standard InChI is InChI=1S/C14H15F3N2S/c1-3-19(4-2)13-6-5-10(12-8-20-9-18-12)7-11(13)14(15,16)17/h5-9H,3-4H2,1-2H3/p+1. The number of aromatic nitrogens is 1. The van der Waals surface area contributed by atoms with Crippen molar-refractivity contribution in [1.82, 2.24) is 0 Å². The summed E-state index contributed by atoms with van der Waals surface area (Å²) in [5.41, 5.74) is 2.64. The zero-order valence-electron chi connectivity index (χ0n) is 11.3. The molecule has 0 aliphatic heterocycles. The maximum Gasteiger partial charge on any atom is 0.418 e. The van der Waals surface area contributed by atoms with Crippen LogP contribution < -0.4 is 9.88 Å². The monoisotopic (exact) mass is 301 g/mol. The number of hydrogen-bond acceptors (Lipinski definition) is 2. The van der Waals surface area contributed by atoms with Gasteiger partial charge in [-0.3, -0.25) is 0 Å². The number of H-pyrrole nitrogens is 1. The highest BCUT2D eigenvalue weighted by molar-refractivity contribution is 7.07. The Bertz CT molecular complexity index is 560.